The number of hydrogen-bond acceptors (Lipinski definition) is 4. The van der Waals surface area contributed by atoms with Crippen LogP contribution in [0, 0.1) is 6.92 Å². The van der Waals surface area contributed by atoms with Crippen LogP contribution in [0.2, 0.25) is 0 Å². The minimum Gasteiger partial charge on any atom is -0.340 e. The van der Waals surface area contributed by atoms with Crippen LogP contribution in [0.5, 0.6) is 0 Å². The third kappa shape index (κ3) is 5.12. The molecule has 0 aliphatic heterocycles. The number of carbonyl (C=O) groups excluding carboxylic acids is 1. The summed E-state index contributed by atoms with van der Waals surface area (Å²) in [5.74, 6) is 0.689. The third-order valence-corrected chi connectivity index (χ3v) is 4.05. The largest absolute Gasteiger partial charge is 0.340 e. The Kier molecular flexibility index (Phi) is 5.40. The molecule has 1 aromatic heterocycles. The Morgan fingerprint density at radius 1 is 1.00 bits per heavy atom. The van der Waals surface area contributed by atoms with Gasteiger partial charge in [-0.3, -0.25) is 4.79 Å². The van der Waals surface area contributed by atoms with Crippen LogP contribution in [-0.2, 0) is 11.2 Å². The van der Waals surface area contributed by atoms with Gasteiger partial charge < -0.3 is 10.6 Å². The smallest absolute Gasteiger partial charge is 0.228 e. The van der Waals surface area contributed by atoms with E-state index in [-0.39, 0.29) is 5.91 Å². The number of nitrogens with one attached hydrogen (secondary N) is 2. The normalized spacial score (nSPS) is 10.3. The summed E-state index contributed by atoms with van der Waals surface area (Å²) in [7, 11) is 0. The van der Waals surface area contributed by atoms with Gasteiger partial charge >= 0.3 is 0 Å². The molecule has 1 heterocycles. The van der Waals surface area contributed by atoms with Crippen molar-refractivity contribution in [1.29, 1.82) is 0 Å². The van der Waals surface area contributed by atoms with E-state index in [0.29, 0.717) is 6.42 Å². The van der Waals surface area contributed by atoms with Crippen LogP contribution >= 0.6 is 15.9 Å². The molecule has 3 aromatic rings. The molecule has 0 radical (unpaired) electrons. The molecule has 126 valence electrons. The highest BCUT2D eigenvalue weighted by molar-refractivity contribution is 9.10. The lowest BCUT2D eigenvalue weighted by molar-refractivity contribution is -0.115. The minimum absolute atomic E-state index is 0.0468. The van der Waals surface area contributed by atoms with Crippen LogP contribution in [0.3, 0.4) is 0 Å². The molecule has 0 saturated heterocycles. The summed E-state index contributed by atoms with van der Waals surface area (Å²) < 4.78 is 0.999. The Labute approximate surface area is 154 Å². The van der Waals surface area contributed by atoms with E-state index in [1.807, 2.05) is 61.5 Å². The van der Waals surface area contributed by atoms with Crippen LogP contribution in [-0.4, -0.2) is 15.9 Å². The van der Waals surface area contributed by atoms with E-state index in [0.717, 1.165) is 32.9 Å². The molecule has 0 aliphatic carbocycles. The van der Waals surface area contributed by atoms with Gasteiger partial charge in [-0.2, -0.15) is 0 Å². The number of rotatable bonds is 5. The van der Waals surface area contributed by atoms with E-state index in [1.165, 1.54) is 6.33 Å². The summed E-state index contributed by atoms with van der Waals surface area (Å²) in [4.78, 5) is 20.4. The fraction of sp³-hybridized carbons (Fsp3) is 0.105. The first kappa shape index (κ1) is 17.1. The minimum atomic E-state index is -0.0468. The van der Waals surface area contributed by atoms with Gasteiger partial charge in [0.15, 0.2) is 0 Å². The van der Waals surface area contributed by atoms with Crippen molar-refractivity contribution in [3.63, 3.8) is 0 Å². The predicted molar refractivity (Wildman–Crippen MR) is 103 cm³/mol. The number of carbonyl (C=O) groups is 1. The van der Waals surface area contributed by atoms with Crippen molar-refractivity contribution in [2.45, 2.75) is 13.3 Å². The number of halogens is 1. The van der Waals surface area contributed by atoms with Gasteiger partial charge in [-0.1, -0.05) is 28.1 Å². The zero-order chi connectivity index (χ0) is 17.6. The first-order valence-corrected chi connectivity index (χ1v) is 8.58. The second-order valence-corrected chi connectivity index (χ2v) is 6.51. The highest BCUT2D eigenvalue weighted by Crippen LogP contribution is 2.18. The van der Waals surface area contributed by atoms with Crippen LogP contribution in [0.25, 0.3) is 0 Å². The van der Waals surface area contributed by atoms with Gasteiger partial charge in [0, 0.05) is 27.6 Å². The Bertz CT molecular complexity index is 863. The SMILES string of the molecule is Cc1cc(Nc2ccc(NC(=O)Cc3ccc(Br)cc3)cc2)ncn1. The molecular weight excluding hydrogens is 380 g/mol. The molecule has 3 rings (SSSR count). The average molecular weight is 397 g/mol. The molecule has 0 saturated carbocycles. The lowest BCUT2D eigenvalue weighted by Crippen LogP contribution is -2.14. The fourth-order valence-corrected chi connectivity index (χ4v) is 2.56. The van der Waals surface area contributed by atoms with Gasteiger partial charge in [0.05, 0.1) is 6.42 Å². The summed E-state index contributed by atoms with van der Waals surface area (Å²) in [5.41, 5.74) is 3.52. The second kappa shape index (κ2) is 7.90. The predicted octanol–water partition coefficient (Wildman–Crippen LogP) is 4.47. The van der Waals surface area contributed by atoms with Crippen molar-refractivity contribution in [2.24, 2.45) is 0 Å². The van der Waals surface area contributed by atoms with Gasteiger partial charge in [0.1, 0.15) is 12.1 Å². The van der Waals surface area contributed by atoms with Crippen LogP contribution < -0.4 is 10.6 Å². The van der Waals surface area contributed by atoms with E-state index in [2.05, 4.69) is 36.5 Å². The van der Waals surface area contributed by atoms with Crippen molar-refractivity contribution >= 4 is 39.0 Å². The second-order valence-electron chi connectivity index (χ2n) is 5.60. The van der Waals surface area contributed by atoms with Gasteiger partial charge in [0.2, 0.25) is 5.91 Å². The summed E-state index contributed by atoms with van der Waals surface area (Å²) in [5, 5.41) is 6.10. The first-order chi connectivity index (χ1) is 12.1. The maximum Gasteiger partial charge on any atom is 0.228 e. The van der Waals surface area contributed by atoms with Crippen LogP contribution in [0.15, 0.2) is 65.4 Å². The van der Waals surface area contributed by atoms with Gasteiger partial charge in [-0.15, -0.1) is 0 Å². The molecule has 25 heavy (non-hydrogen) atoms. The van der Waals surface area contributed by atoms with E-state index in [9.17, 15) is 4.79 Å². The van der Waals surface area contributed by atoms with E-state index in [4.69, 9.17) is 0 Å². The fourth-order valence-electron chi connectivity index (χ4n) is 2.30. The Morgan fingerprint density at radius 2 is 1.68 bits per heavy atom. The summed E-state index contributed by atoms with van der Waals surface area (Å²) in [6.07, 6.45) is 1.86. The lowest BCUT2D eigenvalue weighted by Gasteiger charge is -2.08. The number of aryl methyl sites for hydroxylation is 1. The summed E-state index contributed by atoms with van der Waals surface area (Å²) in [6.45, 7) is 1.91. The van der Waals surface area contributed by atoms with Crippen LogP contribution in [0.1, 0.15) is 11.3 Å². The summed E-state index contributed by atoms with van der Waals surface area (Å²) >= 11 is 3.39. The lowest BCUT2D eigenvalue weighted by atomic mass is 10.1. The molecule has 0 atom stereocenters. The molecule has 2 N–H and O–H groups in total. The van der Waals surface area contributed by atoms with Crippen molar-refractivity contribution in [1.82, 2.24) is 9.97 Å². The molecule has 6 heteroatoms. The molecule has 0 bridgehead atoms. The molecular formula is C19H17BrN4O. The molecule has 1 amide bonds. The van der Waals surface area contributed by atoms with Crippen molar-refractivity contribution in [3.8, 4) is 0 Å². The zero-order valence-electron chi connectivity index (χ0n) is 13.7. The highest BCUT2D eigenvalue weighted by Gasteiger charge is 2.05. The standard InChI is InChI=1S/C19H17BrN4O/c1-13-10-18(22-12-21-13)23-16-6-8-17(9-7-16)24-19(25)11-14-2-4-15(20)5-3-14/h2-10,12H,11H2,1H3,(H,24,25)(H,21,22,23). The van der Waals surface area contributed by atoms with Crippen molar-refractivity contribution < 1.29 is 4.79 Å². The van der Waals surface area contributed by atoms with Gasteiger partial charge in [-0.05, 0) is 48.9 Å². The number of nitrogens with zero attached hydrogens (tertiary/aromatic N) is 2. The highest BCUT2D eigenvalue weighted by atomic mass is 79.9. The molecule has 0 aliphatic rings. The molecule has 0 fully saturated rings. The van der Waals surface area contributed by atoms with Crippen molar-refractivity contribution in [2.75, 3.05) is 10.6 Å². The monoisotopic (exact) mass is 396 g/mol. The maximum absolute atomic E-state index is 12.1. The number of hydrogen-bond donors (Lipinski definition) is 2. The zero-order valence-corrected chi connectivity index (χ0v) is 15.2. The van der Waals surface area contributed by atoms with Gasteiger partial charge in [0.25, 0.3) is 0 Å². The maximum atomic E-state index is 12.1. The Balaban J connectivity index is 1.58. The van der Waals surface area contributed by atoms with Crippen LogP contribution in [0.4, 0.5) is 17.2 Å². The molecule has 2 aromatic carbocycles. The van der Waals surface area contributed by atoms with E-state index < -0.39 is 0 Å². The quantitative estimate of drug-likeness (QED) is 0.667. The molecule has 5 nitrogen and oxygen atoms in total. The Morgan fingerprint density at radius 3 is 2.36 bits per heavy atom. The molecule has 0 spiro atoms. The number of anilines is 3. The van der Waals surface area contributed by atoms with Gasteiger partial charge in [-0.25, -0.2) is 9.97 Å². The topological polar surface area (TPSA) is 66.9 Å². The van der Waals surface area contributed by atoms with E-state index in [1.54, 1.807) is 0 Å². The van der Waals surface area contributed by atoms with E-state index >= 15 is 0 Å². The molecule has 0 unspecified atom stereocenters. The summed E-state index contributed by atoms with van der Waals surface area (Å²) in [6, 6.07) is 17.1. The Hall–Kier alpha value is -2.73. The number of benzene rings is 2. The van der Waals surface area contributed by atoms with Crippen molar-refractivity contribution in [3.05, 3.63) is 76.7 Å². The first-order valence-electron chi connectivity index (χ1n) is 7.78. The third-order valence-electron chi connectivity index (χ3n) is 3.52. The average Bonchev–Trinajstić information content (AvgIpc) is 2.59. The number of aromatic nitrogens is 2. The number of amides is 1.